The Hall–Kier alpha value is -3.65. The van der Waals surface area contributed by atoms with Crippen LogP contribution in [0.5, 0.6) is 0 Å². The van der Waals surface area contributed by atoms with Crippen molar-refractivity contribution in [3.63, 3.8) is 0 Å². The summed E-state index contributed by atoms with van der Waals surface area (Å²) in [5, 5.41) is 5.61. The number of hydrogen-bond donors (Lipinski definition) is 1. The Balaban J connectivity index is 1.61. The molecular formula is C26H26N4O3S. The zero-order valence-electron chi connectivity index (χ0n) is 19.2. The topological polar surface area (TPSA) is 83.9 Å². The third-order valence-electron chi connectivity index (χ3n) is 5.46. The largest absolute Gasteiger partial charge is 0.458 e. The van der Waals surface area contributed by atoms with Gasteiger partial charge in [-0.3, -0.25) is 9.78 Å². The number of thioether (sulfide) groups is 1. The Kier molecular flexibility index (Phi) is 7.27. The summed E-state index contributed by atoms with van der Waals surface area (Å²) in [4.78, 5) is 36.6. The molecule has 0 spiro atoms. The summed E-state index contributed by atoms with van der Waals surface area (Å²) in [6.45, 7) is 7.96. The van der Waals surface area contributed by atoms with E-state index in [0.717, 1.165) is 27.6 Å². The lowest BCUT2D eigenvalue weighted by Crippen LogP contribution is -2.38. The molecule has 1 aromatic carbocycles. The van der Waals surface area contributed by atoms with Gasteiger partial charge in [0.1, 0.15) is 6.61 Å². The Labute approximate surface area is 203 Å². The molecule has 0 fully saturated rings. The van der Waals surface area contributed by atoms with E-state index in [2.05, 4.69) is 21.9 Å². The number of carbonyl (C=O) groups is 2. The Morgan fingerprint density at radius 2 is 2.12 bits per heavy atom. The van der Waals surface area contributed by atoms with Crippen LogP contribution < -0.4 is 5.32 Å². The molecule has 1 N–H and O–H groups in total. The molecule has 0 aliphatic carbocycles. The maximum Gasteiger partial charge on any atom is 0.338 e. The van der Waals surface area contributed by atoms with Crippen molar-refractivity contribution in [2.75, 3.05) is 6.61 Å². The van der Waals surface area contributed by atoms with E-state index in [9.17, 15) is 9.59 Å². The van der Waals surface area contributed by atoms with Gasteiger partial charge in [-0.2, -0.15) is 0 Å². The number of carbonyl (C=O) groups excluding carboxylic acids is 2. The molecule has 4 rings (SSSR count). The van der Waals surface area contributed by atoms with Crippen LogP contribution in [0, 0.1) is 6.92 Å². The molecule has 1 amide bonds. The van der Waals surface area contributed by atoms with E-state index < -0.39 is 12.0 Å². The van der Waals surface area contributed by atoms with Crippen molar-refractivity contribution >= 4 is 28.8 Å². The first kappa shape index (κ1) is 23.5. The van der Waals surface area contributed by atoms with Crippen molar-refractivity contribution in [1.82, 2.24) is 15.2 Å². The minimum atomic E-state index is -0.447. The summed E-state index contributed by atoms with van der Waals surface area (Å²) in [6.07, 6.45) is 5.11. The van der Waals surface area contributed by atoms with Gasteiger partial charge in [-0.05, 0) is 36.4 Å². The number of amidine groups is 1. The number of amides is 1. The number of allylic oxidation sites excluding steroid dienone is 1. The monoisotopic (exact) mass is 474 g/mol. The molecular weight excluding hydrogens is 448 g/mol. The van der Waals surface area contributed by atoms with Gasteiger partial charge in [0.05, 0.1) is 23.7 Å². The first-order chi connectivity index (χ1) is 16.5. The minimum absolute atomic E-state index is 0.112. The van der Waals surface area contributed by atoms with Crippen LogP contribution in [0.25, 0.3) is 0 Å². The second-order valence-corrected chi connectivity index (χ2v) is 8.85. The standard InChI is InChI=1S/C26H26N4O3S/c1-4-11-33-25(32)23-18(3)29-26-30(24(23)20-9-5-7-17(2)12-20)21(16-34-26)13-22(31)28-15-19-8-6-10-27-14-19/h4-10,12,14,16,24H,1,11,13,15H2,2-3H3,(H,28,31). The number of nitrogens with one attached hydrogen (secondary N) is 1. The van der Waals surface area contributed by atoms with Crippen LogP contribution in [0.3, 0.4) is 0 Å². The Morgan fingerprint density at radius 1 is 1.26 bits per heavy atom. The minimum Gasteiger partial charge on any atom is -0.458 e. The summed E-state index contributed by atoms with van der Waals surface area (Å²) < 4.78 is 5.41. The summed E-state index contributed by atoms with van der Waals surface area (Å²) in [5.74, 6) is -0.564. The first-order valence-corrected chi connectivity index (χ1v) is 11.8. The second-order valence-electron chi connectivity index (χ2n) is 8.01. The van der Waals surface area contributed by atoms with Crippen molar-refractivity contribution in [2.45, 2.75) is 32.9 Å². The second kappa shape index (κ2) is 10.5. The van der Waals surface area contributed by atoms with E-state index in [1.54, 1.807) is 12.4 Å². The number of aromatic nitrogens is 1. The predicted molar refractivity (Wildman–Crippen MR) is 133 cm³/mol. The number of hydrogen-bond acceptors (Lipinski definition) is 7. The van der Waals surface area contributed by atoms with Crippen LogP contribution in [0.4, 0.5) is 0 Å². The van der Waals surface area contributed by atoms with Gasteiger partial charge in [0, 0.05) is 24.6 Å². The molecule has 8 heteroatoms. The molecule has 1 aromatic heterocycles. The zero-order valence-corrected chi connectivity index (χ0v) is 20.0. The van der Waals surface area contributed by atoms with Gasteiger partial charge in [0.15, 0.2) is 5.17 Å². The molecule has 34 heavy (non-hydrogen) atoms. The maximum atomic E-state index is 13.1. The highest BCUT2D eigenvalue weighted by Crippen LogP contribution is 2.44. The maximum absolute atomic E-state index is 13.1. The summed E-state index contributed by atoms with van der Waals surface area (Å²) in [5.41, 5.74) is 4.77. The van der Waals surface area contributed by atoms with E-state index in [1.165, 1.54) is 17.8 Å². The lowest BCUT2D eigenvalue weighted by Gasteiger charge is -2.36. The number of nitrogens with zero attached hydrogens (tertiary/aromatic N) is 3. The molecule has 1 atom stereocenters. The highest BCUT2D eigenvalue weighted by Gasteiger charge is 2.41. The predicted octanol–water partition coefficient (Wildman–Crippen LogP) is 4.40. The average molecular weight is 475 g/mol. The Morgan fingerprint density at radius 3 is 2.85 bits per heavy atom. The average Bonchev–Trinajstić information content (AvgIpc) is 3.22. The van der Waals surface area contributed by atoms with Crippen LogP contribution in [-0.4, -0.2) is 33.5 Å². The molecule has 3 heterocycles. The molecule has 2 aliphatic heterocycles. The number of rotatable bonds is 8. The summed E-state index contributed by atoms with van der Waals surface area (Å²) >= 11 is 1.45. The molecule has 0 saturated heterocycles. The van der Waals surface area contributed by atoms with Crippen LogP contribution in [-0.2, 0) is 20.9 Å². The van der Waals surface area contributed by atoms with Crippen molar-refractivity contribution in [3.05, 3.63) is 101 Å². The third kappa shape index (κ3) is 5.12. The fourth-order valence-corrected chi connectivity index (χ4v) is 4.89. The molecule has 0 radical (unpaired) electrons. The number of ether oxygens (including phenoxy) is 1. The van der Waals surface area contributed by atoms with Crippen molar-refractivity contribution in [1.29, 1.82) is 0 Å². The Bertz CT molecular complexity index is 1200. The van der Waals surface area contributed by atoms with Crippen molar-refractivity contribution in [3.8, 4) is 0 Å². The summed E-state index contributed by atoms with van der Waals surface area (Å²) in [7, 11) is 0. The number of aliphatic imine (C=N–C) groups is 1. The fraction of sp³-hybridized carbons (Fsp3) is 0.231. The molecule has 0 bridgehead atoms. The van der Waals surface area contributed by atoms with Crippen LogP contribution >= 0.6 is 11.8 Å². The van der Waals surface area contributed by atoms with Gasteiger partial charge >= 0.3 is 5.97 Å². The molecule has 0 saturated carbocycles. The molecule has 2 aromatic rings. The van der Waals surface area contributed by atoms with Crippen LogP contribution in [0.2, 0.25) is 0 Å². The van der Waals surface area contributed by atoms with Gasteiger partial charge < -0.3 is 15.0 Å². The number of benzene rings is 1. The van der Waals surface area contributed by atoms with Gasteiger partial charge in [-0.25, -0.2) is 9.79 Å². The number of aryl methyl sites for hydroxylation is 1. The lowest BCUT2D eigenvalue weighted by atomic mass is 9.93. The van der Waals surface area contributed by atoms with Gasteiger partial charge in [-0.1, -0.05) is 60.3 Å². The highest BCUT2D eigenvalue weighted by molar-refractivity contribution is 8.16. The number of pyridine rings is 1. The zero-order chi connectivity index (χ0) is 24.1. The van der Waals surface area contributed by atoms with Gasteiger partial charge in [-0.15, -0.1) is 0 Å². The van der Waals surface area contributed by atoms with E-state index >= 15 is 0 Å². The summed E-state index contributed by atoms with van der Waals surface area (Å²) in [6, 6.07) is 11.3. The van der Waals surface area contributed by atoms with Gasteiger partial charge in [0.25, 0.3) is 0 Å². The smallest absolute Gasteiger partial charge is 0.338 e. The molecule has 1 unspecified atom stereocenters. The SMILES string of the molecule is C=CCOC(=O)C1=C(C)N=C2SC=C(CC(=O)NCc3cccnc3)N2C1c1cccc(C)c1. The number of esters is 1. The van der Waals surface area contributed by atoms with Crippen molar-refractivity contribution in [2.24, 2.45) is 4.99 Å². The van der Waals surface area contributed by atoms with Crippen molar-refractivity contribution < 1.29 is 14.3 Å². The van der Waals surface area contributed by atoms with E-state index in [1.807, 2.05) is 60.6 Å². The van der Waals surface area contributed by atoms with Gasteiger partial charge in [0.2, 0.25) is 5.91 Å². The molecule has 174 valence electrons. The normalized spacial score (nSPS) is 17.0. The third-order valence-corrected chi connectivity index (χ3v) is 6.35. The fourth-order valence-electron chi connectivity index (χ4n) is 3.93. The highest BCUT2D eigenvalue weighted by atomic mass is 32.2. The van der Waals surface area contributed by atoms with Crippen LogP contribution in [0.1, 0.15) is 36.1 Å². The number of fused-ring (bicyclic) bond motifs is 1. The quantitative estimate of drug-likeness (QED) is 0.451. The first-order valence-electron chi connectivity index (χ1n) is 10.9. The van der Waals surface area contributed by atoms with E-state index in [-0.39, 0.29) is 18.9 Å². The molecule has 2 aliphatic rings. The molecule has 7 nitrogen and oxygen atoms in total. The van der Waals surface area contributed by atoms with Crippen LogP contribution in [0.15, 0.2) is 88.8 Å². The van der Waals surface area contributed by atoms with E-state index in [0.29, 0.717) is 17.8 Å². The lowest BCUT2D eigenvalue weighted by molar-refractivity contribution is -0.138. The van der Waals surface area contributed by atoms with E-state index in [4.69, 9.17) is 4.74 Å².